The van der Waals surface area contributed by atoms with Crippen LogP contribution in [0.25, 0.3) is 0 Å². The summed E-state index contributed by atoms with van der Waals surface area (Å²) in [6.07, 6.45) is 4.44. The van der Waals surface area contributed by atoms with Crippen molar-refractivity contribution in [3.63, 3.8) is 0 Å². The average Bonchev–Trinajstić information content (AvgIpc) is 2.76. The molecule has 2 rings (SSSR count). The second kappa shape index (κ2) is 3.39. The quantitative estimate of drug-likeness (QED) is 0.799. The van der Waals surface area contributed by atoms with Gasteiger partial charge in [0.05, 0.1) is 12.7 Å². The predicted octanol–water partition coefficient (Wildman–Crippen LogP) is 2.26. The van der Waals surface area contributed by atoms with Crippen molar-refractivity contribution in [2.45, 2.75) is 46.2 Å². The Bertz CT molecular complexity index is 315. The molecule has 3 heteroatoms. The second-order valence-electron chi connectivity index (χ2n) is 4.62. The summed E-state index contributed by atoms with van der Waals surface area (Å²) in [5.74, 6) is 1.67. The first-order valence-corrected chi connectivity index (χ1v) is 5.25. The smallest absolute Gasteiger partial charge is 0.208 e. The first kappa shape index (κ1) is 9.71. The Balaban J connectivity index is 1.82. The van der Waals surface area contributed by atoms with Crippen LogP contribution in [0, 0.1) is 12.3 Å². The van der Waals surface area contributed by atoms with Gasteiger partial charge < -0.3 is 9.73 Å². The number of nitrogens with one attached hydrogen (secondary N) is 1. The molecular weight excluding hydrogens is 176 g/mol. The minimum absolute atomic E-state index is 0.516. The maximum atomic E-state index is 5.39. The van der Waals surface area contributed by atoms with E-state index in [9.17, 15) is 0 Å². The molecule has 0 amide bonds. The van der Waals surface area contributed by atoms with Crippen LogP contribution >= 0.6 is 0 Å². The van der Waals surface area contributed by atoms with Gasteiger partial charge >= 0.3 is 0 Å². The third-order valence-corrected chi connectivity index (χ3v) is 3.31. The van der Waals surface area contributed by atoms with Crippen molar-refractivity contribution >= 4 is 0 Å². The van der Waals surface area contributed by atoms with Gasteiger partial charge in [0.1, 0.15) is 5.76 Å². The number of aromatic nitrogens is 1. The Morgan fingerprint density at radius 2 is 2.36 bits per heavy atom. The van der Waals surface area contributed by atoms with E-state index in [-0.39, 0.29) is 0 Å². The summed E-state index contributed by atoms with van der Waals surface area (Å²) in [6, 6.07) is 0.551. The molecule has 1 atom stereocenters. The van der Waals surface area contributed by atoms with Gasteiger partial charge in [-0.1, -0.05) is 6.92 Å². The Labute approximate surface area is 84.9 Å². The summed E-state index contributed by atoms with van der Waals surface area (Å²) >= 11 is 0. The van der Waals surface area contributed by atoms with Gasteiger partial charge in [0.15, 0.2) is 0 Å². The molecule has 14 heavy (non-hydrogen) atoms. The van der Waals surface area contributed by atoms with Crippen LogP contribution in [0.15, 0.2) is 10.6 Å². The maximum Gasteiger partial charge on any atom is 0.208 e. The largest absolute Gasteiger partial charge is 0.445 e. The first-order chi connectivity index (χ1) is 6.60. The van der Waals surface area contributed by atoms with E-state index in [0.717, 1.165) is 18.2 Å². The highest BCUT2D eigenvalue weighted by Gasteiger charge is 2.42. The lowest BCUT2D eigenvalue weighted by atomic mass is 10.0. The highest BCUT2D eigenvalue weighted by atomic mass is 16.4. The molecule has 0 bridgehead atoms. The molecule has 1 aliphatic rings. The van der Waals surface area contributed by atoms with Gasteiger partial charge in [-0.3, -0.25) is 0 Å². The normalized spacial score (nSPS) is 20.8. The molecular formula is C11H18N2O. The van der Waals surface area contributed by atoms with E-state index < -0.39 is 0 Å². The molecule has 1 aliphatic carbocycles. The SMILES string of the molecule is Cc1cnc(CNC(C)C2(C)CC2)o1. The third-order valence-electron chi connectivity index (χ3n) is 3.31. The molecule has 1 fully saturated rings. The summed E-state index contributed by atoms with van der Waals surface area (Å²) in [7, 11) is 0. The molecule has 1 aromatic rings. The number of nitrogens with zero attached hydrogens (tertiary/aromatic N) is 1. The van der Waals surface area contributed by atoms with E-state index in [1.165, 1.54) is 12.8 Å². The van der Waals surface area contributed by atoms with Gasteiger partial charge in [0.2, 0.25) is 5.89 Å². The van der Waals surface area contributed by atoms with Crippen molar-refractivity contribution in [1.82, 2.24) is 10.3 Å². The van der Waals surface area contributed by atoms with Gasteiger partial charge in [-0.15, -0.1) is 0 Å². The molecule has 0 aromatic carbocycles. The number of aryl methyl sites for hydroxylation is 1. The Hall–Kier alpha value is -0.830. The molecule has 3 nitrogen and oxygen atoms in total. The van der Waals surface area contributed by atoms with Crippen molar-refractivity contribution in [1.29, 1.82) is 0 Å². The molecule has 0 spiro atoms. The first-order valence-electron chi connectivity index (χ1n) is 5.25. The average molecular weight is 194 g/mol. The standard InChI is InChI=1S/C11H18N2O/c1-8-6-13-10(14-8)7-12-9(2)11(3)4-5-11/h6,9,12H,4-5,7H2,1-3H3. The maximum absolute atomic E-state index is 5.39. The van der Waals surface area contributed by atoms with E-state index in [0.29, 0.717) is 11.5 Å². The number of rotatable bonds is 4. The van der Waals surface area contributed by atoms with Crippen LogP contribution in [-0.4, -0.2) is 11.0 Å². The summed E-state index contributed by atoms with van der Waals surface area (Å²) in [6.45, 7) is 7.22. The van der Waals surface area contributed by atoms with Gasteiger partial charge in [-0.05, 0) is 32.1 Å². The fourth-order valence-corrected chi connectivity index (χ4v) is 1.60. The van der Waals surface area contributed by atoms with Gasteiger partial charge in [0, 0.05) is 6.04 Å². The second-order valence-corrected chi connectivity index (χ2v) is 4.62. The highest BCUT2D eigenvalue weighted by Crippen LogP contribution is 2.47. The molecule has 1 unspecified atom stereocenters. The van der Waals surface area contributed by atoms with Crippen molar-refractivity contribution in [2.75, 3.05) is 0 Å². The molecule has 1 N–H and O–H groups in total. The molecule has 78 valence electrons. The lowest BCUT2D eigenvalue weighted by Crippen LogP contribution is -2.32. The number of oxazole rings is 1. The van der Waals surface area contributed by atoms with Gasteiger partial charge in [-0.25, -0.2) is 4.98 Å². The van der Waals surface area contributed by atoms with Crippen LogP contribution in [0.4, 0.5) is 0 Å². The van der Waals surface area contributed by atoms with Crippen LogP contribution in [0.3, 0.4) is 0 Å². The topological polar surface area (TPSA) is 38.1 Å². The van der Waals surface area contributed by atoms with E-state index in [1.54, 1.807) is 6.20 Å². The third kappa shape index (κ3) is 1.98. The summed E-state index contributed by atoms with van der Waals surface area (Å²) < 4.78 is 5.39. The predicted molar refractivity (Wildman–Crippen MR) is 54.9 cm³/mol. The van der Waals surface area contributed by atoms with Crippen molar-refractivity contribution in [2.24, 2.45) is 5.41 Å². The van der Waals surface area contributed by atoms with Crippen LogP contribution < -0.4 is 5.32 Å². The van der Waals surface area contributed by atoms with Crippen molar-refractivity contribution in [3.8, 4) is 0 Å². The van der Waals surface area contributed by atoms with E-state index in [1.807, 2.05) is 6.92 Å². The van der Waals surface area contributed by atoms with Crippen LogP contribution in [0.2, 0.25) is 0 Å². The fraction of sp³-hybridized carbons (Fsp3) is 0.727. The lowest BCUT2D eigenvalue weighted by Gasteiger charge is -2.19. The van der Waals surface area contributed by atoms with Crippen LogP contribution in [-0.2, 0) is 6.54 Å². The van der Waals surface area contributed by atoms with E-state index >= 15 is 0 Å². The summed E-state index contributed by atoms with van der Waals surface area (Å²) in [5.41, 5.74) is 0.516. The molecule has 1 aromatic heterocycles. The van der Waals surface area contributed by atoms with Gasteiger partial charge in [-0.2, -0.15) is 0 Å². The Kier molecular flexibility index (Phi) is 2.35. The Morgan fingerprint density at radius 1 is 1.64 bits per heavy atom. The monoisotopic (exact) mass is 194 g/mol. The van der Waals surface area contributed by atoms with Gasteiger partial charge in [0.25, 0.3) is 0 Å². The zero-order valence-corrected chi connectivity index (χ0v) is 9.13. The zero-order chi connectivity index (χ0) is 10.2. The molecule has 1 saturated carbocycles. The fourth-order valence-electron chi connectivity index (χ4n) is 1.60. The number of hydrogen-bond donors (Lipinski definition) is 1. The highest BCUT2D eigenvalue weighted by molar-refractivity contribution is 4.97. The minimum atomic E-state index is 0.516. The van der Waals surface area contributed by atoms with Crippen LogP contribution in [0.5, 0.6) is 0 Å². The molecule has 1 heterocycles. The number of hydrogen-bond acceptors (Lipinski definition) is 3. The summed E-state index contributed by atoms with van der Waals surface area (Å²) in [5, 5.41) is 3.46. The molecule has 0 saturated heterocycles. The minimum Gasteiger partial charge on any atom is -0.445 e. The zero-order valence-electron chi connectivity index (χ0n) is 9.13. The Morgan fingerprint density at radius 3 is 2.86 bits per heavy atom. The van der Waals surface area contributed by atoms with Crippen LogP contribution in [0.1, 0.15) is 38.3 Å². The lowest BCUT2D eigenvalue weighted by molar-refractivity contribution is 0.353. The van der Waals surface area contributed by atoms with E-state index in [2.05, 4.69) is 24.1 Å². The van der Waals surface area contributed by atoms with E-state index in [4.69, 9.17) is 4.42 Å². The van der Waals surface area contributed by atoms with Crippen molar-refractivity contribution < 1.29 is 4.42 Å². The molecule has 0 aliphatic heterocycles. The van der Waals surface area contributed by atoms with Crippen molar-refractivity contribution in [3.05, 3.63) is 17.8 Å². The molecule has 0 radical (unpaired) electrons. The summed E-state index contributed by atoms with van der Waals surface area (Å²) in [4.78, 5) is 4.16.